The maximum atomic E-state index is 12.0. The number of nitrogens with zero attached hydrogens (tertiary/aromatic N) is 2. The molecule has 6 heteroatoms. The van der Waals surface area contributed by atoms with E-state index in [9.17, 15) is 9.90 Å². The van der Waals surface area contributed by atoms with Crippen molar-refractivity contribution in [3.8, 4) is 17.0 Å². The SMILES string of the molecule is C/C=S(/C)N1c2c(cc(C3=CCC(C)(C)CC3)c(CC(=O)O)c2C)-c2cnc(OC)cc2[C@H]1C. The molecule has 2 aliphatic rings. The van der Waals surface area contributed by atoms with Crippen molar-refractivity contribution < 1.29 is 14.6 Å². The Balaban J connectivity index is 2.04. The minimum atomic E-state index is -0.791. The highest BCUT2D eigenvalue weighted by Crippen LogP contribution is 2.53. The topological polar surface area (TPSA) is 62.7 Å². The van der Waals surface area contributed by atoms with E-state index in [2.05, 4.69) is 67.7 Å². The summed E-state index contributed by atoms with van der Waals surface area (Å²) >= 11 is 0. The molecule has 5 nitrogen and oxygen atoms in total. The van der Waals surface area contributed by atoms with Gasteiger partial charge in [-0.3, -0.25) is 4.79 Å². The first-order chi connectivity index (χ1) is 16.1. The monoisotopic (exact) mass is 480 g/mol. The molecule has 0 saturated carbocycles. The predicted molar refractivity (Wildman–Crippen MR) is 144 cm³/mol. The van der Waals surface area contributed by atoms with Crippen LogP contribution in [-0.4, -0.2) is 34.8 Å². The van der Waals surface area contributed by atoms with Crippen LogP contribution in [0.4, 0.5) is 5.69 Å². The fourth-order valence-electron chi connectivity index (χ4n) is 5.28. The third kappa shape index (κ3) is 4.28. The molecule has 1 unspecified atom stereocenters. The Hall–Kier alpha value is -2.60. The molecule has 0 amide bonds. The number of anilines is 1. The van der Waals surface area contributed by atoms with Crippen LogP contribution in [0.15, 0.2) is 24.4 Å². The number of carbonyl (C=O) groups is 1. The molecule has 1 aliphatic carbocycles. The number of carboxylic acid groups (broad SMARTS) is 1. The molecular weight excluding hydrogens is 444 g/mol. The first-order valence-corrected chi connectivity index (χ1v) is 13.6. The van der Waals surface area contributed by atoms with Crippen molar-refractivity contribution in [1.82, 2.24) is 4.98 Å². The Kier molecular flexibility index (Phi) is 6.65. The van der Waals surface area contributed by atoms with E-state index in [4.69, 9.17) is 4.74 Å². The van der Waals surface area contributed by atoms with Crippen LogP contribution in [0.25, 0.3) is 16.7 Å². The number of methoxy groups -OCH3 is 1. The molecule has 1 N–H and O–H groups in total. The van der Waals surface area contributed by atoms with Crippen molar-refractivity contribution in [2.75, 3.05) is 17.7 Å². The van der Waals surface area contributed by atoms with Gasteiger partial charge < -0.3 is 14.1 Å². The molecule has 0 spiro atoms. The smallest absolute Gasteiger partial charge is 0.307 e. The van der Waals surface area contributed by atoms with Gasteiger partial charge in [-0.2, -0.15) is 0 Å². The lowest BCUT2D eigenvalue weighted by molar-refractivity contribution is -0.136. The highest BCUT2D eigenvalue weighted by molar-refractivity contribution is 8.15. The van der Waals surface area contributed by atoms with E-state index in [1.807, 2.05) is 12.3 Å². The number of fused-ring (bicyclic) bond motifs is 3. The molecule has 2 heterocycles. The molecule has 0 bridgehead atoms. The number of carboxylic acids is 1. The summed E-state index contributed by atoms with van der Waals surface area (Å²) in [6.45, 7) is 11.0. The van der Waals surface area contributed by atoms with Gasteiger partial charge in [-0.15, -0.1) is 10.7 Å². The van der Waals surface area contributed by atoms with Crippen LogP contribution in [0.2, 0.25) is 0 Å². The van der Waals surface area contributed by atoms with Crippen LogP contribution in [-0.2, 0) is 11.2 Å². The van der Waals surface area contributed by atoms with Crippen molar-refractivity contribution in [2.45, 2.75) is 66.3 Å². The van der Waals surface area contributed by atoms with Gasteiger partial charge in [0, 0.05) is 23.4 Å². The zero-order chi connectivity index (χ0) is 24.8. The van der Waals surface area contributed by atoms with Crippen molar-refractivity contribution in [2.24, 2.45) is 5.41 Å². The summed E-state index contributed by atoms with van der Waals surface area (Å²) in [7, 11) is 1.51. The normalized spacial score (nSPS) is 19.8. The number of pyridine rings is 1. The van der Waals surface area contributed by atoms with Crippen LogP contribution in [0.3, 0.4) is 0 Å². The number of aliphatic carboxylic acids is 1. The summed E-state index contributed by atoms with van der Waals surface area (Å²) in [4.78, 5) is 16.5. The summed E-state index contributed by atoms with van der Waals surface area (Å²) < 4.78 is 7.90. The molecule has 0 fully saturated rings. The number of hydrogen-bond donors (Lipinski definition) is 1. The molecule has 1 aromatic heterocycles. The predicted octanol–water partition coefficient (Wildman–Crippen LogP) is 6.80. The fourth-order valence-corrected chi connectivity index (χ4v) is 6.65. The number of hydrogen-bond acceptors (Lipinski definition) is 4. The molecule has 0 saturated heterocycles. The summed E-state index contributed by atoms with van der Waals surface area (Å²) in [5.41, 5.74) is 9.21. The average molecular weight is 481 g/mol. The van der Waals surface area contributed by atoms with Crippen molar-refractivity contribution in [3.63, 3.8) is 0 Å². The van der Waals surface area contributed by atoms with E-state index in [1.54, 1.807) is 7.11 Å². The third-order valence-electron chi connectivity index (χ3n) is 7.41. The molecule has 34 heavy (non-hydrogen) atoms. The largest absolute Gasteiger partial charge is 0.481 e. The summed E-state index contributed by atoms with van der Waals surface area (Å²) in [5.74, 6) is -0.178. The third-order valence-corrected chi connectivity index (χ3v) is 9.21. The van der Waals surface area contributed by atoms with Gasteiger partial charge in [-0.25, -0.2) is 4.98 Å². The lowest BCUT2D eigenvalue weighted by Gasteiger charge is -2.41. The zero-order valence-corrected chi connectivity index (χ0v) is 22.2. The van der Waals surface area contributed by atoms with E-state index in [-0.39, 0.29) is 28.5 Å². The molecule has 0 radical (unpaired) electrons. The molecule has 1 aromatic carbocycles. The summed E-state index contributed by atoms with van der Waals surface area (Å²) in [5, 5.41) is 12.1. The molecule has 2 atom stereocenters. The summed E-state index contributed by atoms with van der Waals surface area (Å²) in [6.07, 6.45) is 9.57. The van der Waals surface area contributed by atoms with Gasteiger partial charge in [0.2, 0.25) is 5.88 Å². The Morgan fingerprint density at radius 1 is 1.32 bits per heavy atom. The highest BCUT2D eigenvalue weighted by atomic mass is 32.2. The van der Waals surface area contributed by atoms with Gasteiger partial charge in [0.15, 0.2) is 0 Å². The van der Waals surface area contributed by atoms with Gasteiger partial charge in [0.05, 0.1) is 25.3 Å². The van der Waals surface area contributed by atoms with Gasteiger partial charge >= 0.3 is 5.97 Å². The molecule has 2 aromatic rings. The Labute approximate surface area is 205 Å². The van der Waals surface area contributed by atoms with Gasteiger partial charge in [0.1, 0.15) is 0 Å². The van der Waals surface area contributed by atoms with Crippen LogP contribution < -0.4 is 9.04 Å². The van der Waals surface area contributed by atoms with E-state index < -0.39 is 5.97 Å². The second kappa shape index (κ2) is 9.21. The standard InChI is InChI=1S/C28H36N2O3S/c1-8-34(7)30-18(3)21-14-25(33-6)29-16-24(21)23-13-22(19-9-11-28(4,5)12-10-19)20(15-26(31)32)17(2)27(23)30/h8-9,13-14,16,18H,10-12,15H2,1-7H3,(H,31,32)/t18-,34?/m1/s1. The van der Waals surface area contributed by atoms with Gasteiger partial charge in [0.25, 0.3) is 0 Å². The number of rotatable bonds is 5. The van der Waals surface area contributed by atoms with Crippen molar-refractivity contribution in [3.05, 3.63) is 46.7 Å². The quantitative estimate of drug-likeness (QED) is 0.477. The van der Waals surface area contributed by atoms with Crippen LogP contribution in [0, 0.1) is 12.3 Å². The summed E-state index contributed by atoms with van der Waals surface area (Å²) in [6, 6.07) is 4.40. The van der Waals surface area contributed by atoms with E-state index in [0.717, 1.165) is 52.8 Å². The van der Waals surface area contributed by atoms with E-state index in [1.165, 1.54) is 11.1 Å². The van der Waals surface area contributed by atoms with E-state index >= 15 is 0 Å². The van der Waals surface area contributed by atoms with Gasteiger partial charge in [-0.05, 0) is 91.0 Å². The minimum absolute atomic E-state index is 0.0262. The minimum Gasteiger partial charge on any atom is -0.481 e. The maximum absolute atomic E-state index is 12.0. The lowest BCUT2D eigenvalue weighted by Crippen LogP contribution is -2.28. The average Bonchev–Trinajstić information content (AvgIpc) is 2.80. The fraction of sp³-hybridized carbons (Fsp3) is 0.464. The zero-order valence-electron chi connectivity index (χ0n) is 21.4. The molecule has 4 rings (SSSR count). The Bertz CT molecular complexity index is 1210. The first-order valence-electron chi connectivity index (χ1n) is 11.9. The van der Waals surface area contributed by atoms with Crippen LogP contribution in [0.5, 0.6) is 5.88 Å². The number of benzene rings is 1. The first kappa shape index (κ1) is 24.5. The maximum Gasteiger partial charge on any atom is 0.307 e. The van der Waals surface area contributed by atoms with Crippen LogP contribution in [0.1, 0.15) is 75.3 Å². The second-order valence-electron chi connectivity index (χ2n) is 10.2. The Morgan fingerprint density at radius 2 is 2.06 bits per heavy atom. The van der Waals surface area contributed by atoms with Gasteiger partial charge in [-0.1, -0.05) is 19.9 Å². The molecule has 182 valence electrons. The molecule has 1 aliphatic heterocycles. The lowest BCUT2D eigenvalue weighted by atomic mass is 9.75. The van der Waals surface area contributed by atoms with Crippen molar-refractivity contribution >= 4 is 33.3 Å². The number of allylic oxidation sites excluding steroid dienone is 2. The van der Waals surface area contributed by atoms with Crippen molar-refractivity contribution in [1.29, 1.82) is 0 Å². The van der Waals surface area contributed by atoms with Crippen LogP contribution >= 0.6 is 10.7 Å². The molecular formula is C28H36N2O3S. The number of aromatic nitrogens is 1. The highest BCUT2D eigenvalue weighted by Gasteiger charge is 2.34. The Morgan fingerprint density at radius 3 is 2.65 bits per heavy atom. The number of ether oxygens (including phenoxy) is 1. The second-order valence-corrected chi connectivity index (χ2v) is 12.1. The van der Waals surface area contributed by atoms with E-state index in [0.29, 0.717) is 5.88 Å².